The number of benzene rings is 1. The highest BCUT2D eigenvalue weighted by molar-refractivity contribution is 5.65. The highest BCUT2D eigenvalue weighted by atomic mass is 15.2. The standard InChI is InChI=1S/C18H19N/c1-14(2)19-13-17-9-4-3-7-15(17)11-12-16-8-5-6-10-18(16)19/h4-6,8-10,14H,3,7,13H2,1-2H3. The first kappa shape index (κ1) is 12.1. The Morgan fingerprint density at radius 2 is 2.00 bits per heavy atom. The van der Waals surface area contributed by atoms with E-state index in [2.05, 4.69) is 67.0 Å². The quantitative estimate of drug-likeness (QED) is 0.682. The van der Waals surface area contributed by atoms with Crippen LogP contribution >= 0.6 is 0 Å². The zero-order valence-electron chi connectivity index (χ0n) is 11.6. The molecule has 1 heterocycles. The number of hydrogen-bond acceptors (Lipinski definition) is 1. The third kappa shape index (κ3) is 2.31. The minimum atomic E-state index is 0.477. The molecule has 0 fully saturated rings. The Labute approximate surface area is 115 Å². The summed E-state index contributed by atoms with van der Waals surface area (Å²) in [6, 6.07) is 8.96. The SMILES string of the molecule is CC(C)N1CC2=C(C#Cc3ccccc31)CCC=C2. The number of anilines is 1. The Morgan fingerprint density at radius 3 is 2.84 bits per heavy atom. The van der Waals surface area contributed by atoms with Crippen LogP contribution in [-0.4, -0.2) is 12.6 Å². The summed E-state index contributed by atoms with van der Waals surface area (Å²) in [5.41, 5.74) is 5.12. The van der Waals surface area contributed by atoms with E-state index in [1.165, 1.54) is 16.8 Å². The summed E-state index contributed by atoms with van der Waals surface area (Å²) in [6.45, 7) is 5.46. The second kappa shape index (κ2) is 4.97. The molecule has 1 aliphatic heterocycles. The lowest BCUT2D eigenvalue weighted by atomic mass is 9.95. The molecule has 0 atom stereocenters. The minimum Gasteiger partial charge on any atom is -0.364 e. The van der Waals surface area contributed by atoms with Crippen LogP contribution in [0.2, 0.25) is 0 Å². The molecule has 0 radical (unpaired) electrons. The monoisotopic (exact) mass is 249 g/mol. The van der Waals surface area contributed by atoms with Gasteiger partial charge in [-0.3, -0.25) is 0 Å². The lowest BCUT2D eigenvalue weighted by molar-refractivity contribution is 0.710. The molecule has 0 spiro atoms. The first-order valence-electron chi connectivity index (χ1n) is 7.02. The smallest absolute Gasteiger partial charge is 0.0530 e. The molecule has 0 unspecified atom stereocenters. The third-order valence-electron chi connectivity index (χ3n) is 3.79. The van der Waals surface area contributed by atoms with Crippen molar-refractivity contribution >= 4 is 5.69 Å². The molecule has 3 rings (SSSR count). The molecule has 96 valence electrons. The van der Waals surface area contributed by atoms with Crippen molar-refractivity contribution in [3.8, 4) is 11.8 Å². The van der Waals surface area contributed by atoms with Crippen molar-refractivity contribution in [2.24, 2.45) is 0 Å². The van der Waals surface area contributed by atoms with Gasteiger partial charge in [0.2, 0.25) is 0 Å². The van der Waals surface area contributed by atoms with E-state index < -0.39 is 0 Å². The van der Waals surface area contributed by atoms with E-state index in [-0.39, 0.29) is 0 Å². The molecule has 1 aromatic carbocycles. The van der Waals surface area contributed by atoms with Gasteiger partial charge in [-0.1, -0.05) is 36.1 Å². The van der Waals surface area contributed by atoms with Crippen LogP contribution in [0, 0.1) is 11.8 Å². The van der Waals surface area contributed by atoms with Gasteiger partial charge in [0, 0.05) is 23.7 Å². The van der Waals surface area contributed by atoms with Gasteiger partial charge >= 0.3 is 0 Å². The second-order valence-corrected chi connectivity index (χ2v) is 5.43. The topological polar surface area (TPSA) is 3.24 Å². The van der Waals surface area contributed by atoms with Crippen LogP contribution in [-0.2, 0) is 0 Å². The van der Waals surface area contributed by atoms with Gasteiger partial charge in [0.05, 0.1) is 5.69 Å². The summed E-state index contributed by atoms with van der Waals surface area (Å²) < 4.78 is 0. The Balaban J connectivity index is 2.14. The maximum atomic E-state index is 3.39. The van der Waals surface area contributed by atoms with Crippen molar-refractivity contribution in [3.05, 3.63) is 53.1 Å². The number of allylic oxidation sites excluding steroid dienone is 2. The first-order valence-corrected chi connectivity index (χ1v) is 7.02. The predicted octanol–water partition coefficient (Wildman–Crippen LogP) is 3.91. The maximum Gasteiger partial charge on any atom is 0.0530 e. The molecule has 1 aromatic rings. The summed E-state index contributed by atoms with van der Waals surface area (Å²) in [4.78, 5) is 2.45. The molecular weight excluding hydrogens is 230 g/mol. The second-order valence-electron chi connectivity index (χ2n) is 5.43. The van der Waals surface area contributed by atoms with Gasteiger partial charge in [0.15, 0.2) is 0 Å². The molecule has 1 heteroatoms. The lowest BCUT2D eigenvalue weighted by Crippen LogP contribution is -2.34. The van der Waals surface area contributed by atoms with Crippen LogP contribution < -0.4 is 4.90 Å². The van der Waals surface area contributed by atoms with E-state index in [1.807, 2.05) is 0 Å². The third-order valence-corrected chi connectivity index (χ3v) is 3.79. The molecule has 0 saturated heterocycles. The molecule has 0 aromatic heterocycles. The van der Waals surface area contributed by atoms with E-state index in [9.17, 15) is 0 Å². The number of rotatable bonds is 1. The van der Waals surface area contributed by atoms with Crippen LogP contribution in [0.4, 0.5) is 5.69 Å². The molecule has 0 N–H and O–H groups in total. The number of para-hydroxylation sites is 1. The average molecular weight is 249 g/mol. The fraction of sp³-hybridized carbons (Fsp3) is 0.333. The largest absolute Gasteiger partial charge is 0.364 e. The normalized spacial score (nSPS) is 17.3. The summed E-state index contributed by atoms with van der Waals surface area (Å²) in [7, 11) is 0. The van der Waals surface area contributed by atoms with E-state index in [0.717, 1.165) is 24.9 Å². The fourth-order valence-corrected chi connectivity index (χ4v) is 2.71. The summed E-state index contributed by atoms with van der Waals surface area (Å²) in [5.74, 6) is 6.76. The zero-order chi connectivity index (χ0) is 13.2. The van der Waals surface area contributed by atoms with Gasteiger partial charge in [0.1, 0.15) is 0 Å². The summed E-state index contributed by atoms with van der Waals surface area (Å²) in [6.07, 6.45) is 6.74. The van der Waals surface area contributed by atoms with Crippen molar-refractivity contribution in [2.75, 3.05) is 11.4 Å². The van der Waals surface area contributed by atoms with Gasteiger partial charge in [-0.15, -0.1) is 0 Å². The van der Waals surface area contributed by atoms with E-state index in [4.69, 9.17) is 0 Å². The van der Waals surface area contributed by atoms with Crippen LogP contribution in [0.1, 0.15) is 32.3 Å². The first-order chi connectivity index (χ1) is 9.25. The molecule has 2 aliphatic rings. The highest BCUT2D eigenvalue weighted by Crippen LogP contribution is 2.28. The van der Waals surface area contributed by atoms with E-state index >= 15 is 0 Å². The van der Waals surface area contributed by atoms with Gasteiger partial charge < -0.3 is 4.90 Å². The summed E-state index contributed by atoms with van der Waals surface area (Å²) in [5, 5.41) is 0. The van der Waals surface area contributed by atoms with Crippen LogP contribution in [0.25, 0.3) is 0 Å². The van der Waals surface area contributed by atoms with Crippen molar-refractivity contribution in [2.45, 2.75) is 32.7 Å². The van der Waals surface area contributed by atoms with Crippen LogP contribution in [0.5, 0.6) is 0 Å². The van der Waals surface area contributed by atoms with Gasteiger partial charge in [-0.05, 0) is 44.4 Å². The van der Waals surface area contributed by atoms with E-state index in [1.54, 1.807) is 0 Å². The molecule has 1 nitrogen and oxygen atoms in total. The molecular formula is C18H19N. The number of fused-ring (bicyclic) bond motifs is 1. The molecule has 19 heavy (non-hydrogen) atoms. The van der Waals surface area contributed by atoms with Crippen molar-refractivity contribution in [1.29, 1.82) is 0 Å². The minimum absolute atomic E-state index is 0.477. The number of nitrogens with zero attached hydrogens (tertiary/aromatic N) is 1. The Bertz CT molecular complexity index is 608. The average Bonchev–Trinajstić information content (AvgIpc) is 2.41. The Kier molecular flexibility index (Phi) is 3.17. The van der Waals surface area contributed by atoms with Crippen LogP contribution in [0.3, 0.4) is 0 Å². The van der Waals surface area contributed by atoms with E-state index in [0.29, 0.717) is 6.04 Å². The Morgan fingerprint density at radius 1 is 1.16 bits per heavy atom. The predicted molar refractivity (Wildman–Crippen MR) is 81.2 cm³/mol. The van der Waals surface area contributed by atoms with Crippen molar-refractivity contribution in [1.82, 2.24) is 0 Å². The molecule has 0 amide bonds. The van der Waals surface area contributed by atoms with Gasteiger partial charge in [0.25, 0.3) is 0 Å². The highest BCUT2D eigenvalue weighted by Gasteiger charge is 2.18. The van der Waals surface area contributed by atoms with Gasteiger partial charge in [-0.25, -0.2) is 0 Å². The zero-order valence-corrected chi connectivity index (χ0v) is 11.6. The van der Waals surface area contributed by atoms with Crippen molar-refractivity contribution < 1.29 is 0 Å². The summed E-state index contributed by atoms with van der Waals surface area (Å²) >= 11 is 0. The fourth-order valence-electron chi connectivity index (χ4n) is 2.71. The van der Waals surface area contributed by atoms with Crippen molar-refractivity contribution in [3.63, 3.8) is 0 Å². The molecule has 1 aliphatic carbocycles. The Hall–Kier alpha value is -1.94. The number of hydrogen-bond donors (Lipinski definition) is 0. The maximum absolute atomic E-state index is 3.39. The van der Waals surface area contributed by atoms with Crippen LogP contribution in [0.15, 0.2) is 47.6 Å². The lowest BCUT2D eigenvalue weighted by Gasteiger charge is -2.32. The van der Waals surface area contributed by atoms with Gasteiger partial charge in [-0.2, -0.15) is 0 Å². The molecule has 0 saturated carbocycles. The molecule has 0 bridgehead atoms.